The average Bonchev–Trinajstić information content (AvgIpc) is 2.47. The first kappa shape index (κ1) is 14.5. The van der Waals surface area contributed by atoms with Crippen LogP contribution in [0.15, 0.2) is 63.2 Å². The van der Waals surface area contributed by atoms with Crippen LogP contribution in [0.2, 0.25) is 0 Å². The molecule has 0 aliphatic rings. The van der Waals surface area contributed by atoms with Crippen LogP contribution in [-0.4, -0.2) is 15.1 Å². The summed E-state index contributed by atoms with van der Waals surface area (Å²) in [6.45, 7) is 1.75. The van der Waals surface area contributed by atoms with Gasteiger partial charge in [0.25, 0.3) is 0 Å². The Balaban J connectivity index is 1.97. The predicted molar refractivity (Wildman–Crippen MR) is 88.4 cm³/mol. The van der Waals surface area contributed by atoms with Crippen LogP contribution in [0.25, 0.3) is 10.9 Å². The Kier molecular flexibility index (Phi) is 4.24. The van der Waals surface area contributed by atoms with Crippen molar-refractivity contribution in [2.24, 2.45) is 0 Å². The molecule has 21 heavy (non-hydrogen) atoms. The first-order valence-corrected chi connectivity index (χ1v) is 8.11. The molecular weight excluding hydrogens is 348 g/mol. The van der Waals surface area contributed by atoms with Crippen LogP contribution in [-0.2, 0) is 0 Å². The maximum atomic E-state index is 9.67. The van der Waals surface area contributed by atoms with Crippen molar-refractivity contribution >= 4 is 38.6 Å². The molecule has 3 rings (SSSR count). The van der Waals surface area contributed by atoms with Gasteiger partial charge in [0.15, 0.2) is 0 Å². The van der Waals surface area contributed by atoms with Gasteiger partial charge in [-0.15, -0.1) is 0 Å². The largest absolute Gasteiger partial charge is 0.389 e. The zero-order valence-corrected chi connectivity index (χ0v) is 13.7. The summed E-state index contributed by atoms with van der Waals surface area (Å²) in [4.78, 5) is 9.71. The number of rotatable bonds is 3. The summed E-state index contributed by atoms with van der Waals surface area (Å²) in [7, 11) is 0. The van der Waals surface area contributed by atoms with Gasteiger partial charge in [0.05, 0.1) is 11.6 Å². The fourth-order valence-corrected chi connectivity index (χ4v) is 3.86. The van der Waals surface area contributed by atoms with Gasteiger partial charge in [-0.25, -0.2) is 9.97 Å². The molecule has 1 heterocycles. The molecule has 1 aromatic heterocycles. The van der Waals surface area contributed by atoms with Gasteiger partial charge in [-0.3, -0.25) is 0 Å². The Hall–Kier alpha value is -1.43. The summed E-state index contributed by atoms with van der Waals surface area (Å²) < 4.78 is 0.904. The highest BCUT2D eigenvalue weighted by Gasteiger charge is 2.09. The predicted octanol–water partition coefficient (Wildman–Crippen LogP) is 4.60. The number of benzene rings is 2. The lowest BCUT2D eigenvalue weighted by atomic mass is 10.1. The van der Waals surface area contributed by atoms with Gasteiger partial charge >= 0.3 is 0 Å². The number of halogens is 1. The molecule has 0 radical (unpaired) electrons. The summed E-state index contributed by atoms with van der Waals surface area (Å²) >= 11 is 5.09. The van der Waals surface area contributed by atoms with Gasteiger partial charge in [0.1, 0.15) is 11.4 Å². The summed E-state index contributed by atoms with van der Waals surface area (Å²) in [6.07, 6.45) is 1.10. The van der Waals surface area contributed by atoms with Gasteiger partial charge in [0.2, 0.25) is 0 Å². The van der Waals surface area contributed by atoms with Crippen molar-refractivity contribution in [3.63, 3.8) is 0 Å². The van der Waals surface area contributed by atoms with E-state index in [4.69, 9.17) is 0 Å². The fraction of sp³-hybridized carbons (Fsp3) is 0.125. The standard InChI is InChI=1S/C16H13BrN2OS/c1-10(20)12-7-6-11(8-14(12)17)21-16-13-4-2-3-5-15(13)18-9-19-16/h2-10,20H,1H3/t10-/m1/s1. The summed E-state index contributed by atoms with van der Waals surface area (Å²) in [6, 6.07) is 13.9. The third kappa shape index (κ3) is 3.10. The second-order valence-corrected chi connectivity index (χ2v) is 6.57. The van der Waals surface area contributed by atoms with E-state index in [-0.39, 0.29) is 0 Å². The molecule has 0 bridgehead atoms. The molecule has 1 atom stereocenters. The maximum absolute atomic E-state index is 9.67. The molecule has 0 spiro atoms. The van der Waals surface area contributed by atoms with Crippen LogP contribution in [0.3, 0.4) is 0 Å². The molecule has 3 aromatic rings. The highest BCUT2D eigenvalue weighted by molar-refractivity contribution is 9.10. The van der Waals surface area contributed by atoms with E-state index in [1.807, 2.05) is 42.5 Å². The number of hydrogen-bond donors (Lipinski definition) is 1. The number of fused-ring (bicyclic) bond motifs is 1. The van der Waals surface area contributed by atoms with E-state index >= 15 is 0 Å². The van der Waals surface area contributed by atoms with E-state index in [1.165, 1.54) is 0 Å². The highest BCUT2D eigenvalue weighted by Crippen LogP contribution is 2.34. The summed E-state index contributed by atoms with van der Waals surface area (Å²) in [5.41, 5.74) is 1.82. The molecule has 0 fully saturated rings. The third-order valence-electron chi connectivity index (χ3n) is 3.14. The zero-order chi connectivity index (χ0) is 14.8. The van der Waals surface area contributed by atoms with Gasteiger partial charge in [-0.05, 0) is 30.7 Å². The minimum absolute atomic E-state index is 0.488. The smallest absolute Gasteiger partial charge is 0.117 e. The van der Waals surface area contributed by atoms with Gasteiger partial charge in [-0.1, -0.05) is 52.0 Å². The van der Waals surface area contributed by atoms with Crippen LogP contribution >= 0.6 is 27.7 Å². The molecule has 0 amide bonds. The highest BCUT2D eigenvalue weighted by atomic mass is 79.9. The monoisotopic (exact) mass is 360 g/mol. The Morgan fingerprint density at radius 2 is 1.95 bits per heavy atom. The second kappa shape index (κ2) is 6.13. The maximum Gasteiger partial charge on any atom is 0.117 e. The molecular formula is C16H13BrN2OS. The Labute approximate surface area is 135 Å². The molecule has 5 heteroatoms. The van der Waals surface area contributed by atoms with Crippen LogP contribution in [0.4, 0.5) is 0 Å². The van der Waals surface area contributed by atoms with E-state index in [0.717, 1.165) is 30.9 Å². The lowest BCUT2D eigenvalue weighted by Crippen LogP contribution is -1.92. The van der Waals surface area contributed by atoms with Crippen molar-refractivity contribution in [1.82, 2.24) is 9.97 Å². The Bertz CT molecular complexity index is 787. The van der Waals surface area contributed by atoms with Crippen LogP contribution < -0.4 is 0 Å². The Morgan fingerprint density at radius 3 is 2.71 bits per heavy atom. The van der Waals surface area contributed by atoms with Crippen molar-refractivity contribution in [2.75, 3.05) is 0 Å². The summed E-state index contributed by atoms with van der Waals surface area (Å²) in [5, 5.41) is 11.6. The molecule has 0 aliphatic carbocycles. The fourth-order valence-electron chi connectivity index (χ4n) is 2.08. The van der Waals surface area contributed by atoms with Crippen LogP contribution in [0, 0.1) is 0 Å². The Morgan fingerprint density at radius 1 is 1.14 bits per heavy atom. The van der Waals surface area contributed by atoms with Crippen molar-refractivity contribution in [3.05, 3.63) is 58.8 Å². The van der Waals surface area contributed by atoms with E-state index in [2.05, 4.69) is 25.9 Å². The summed E-state index contributed by atoms with van der Waals surface area (Å²) in [5.74, 6) is 0. The first-order valence-electron chi connectivity index (χ1n) is 6.50. The quantitative estimate of drug-likeness (QED) is 0.693. The van der Waals surface area contributed by atoms with E-state index in [0.29, 0.717) is 0 Å². The molecule has 0 aliphatic heterocycles. The number of aliphatic hydroxyl groups excluding tert-OH is 1. The molecule has 2 aromatic carbocycles. The molecule has 0 saturated carbocycles. The van der Waals surface area contributed by atoms with Gasteiger partial charge in [-0.2, -0.15) is 0 Å². The van der Waals surface area contributed by atoms with Gasteiger partial charge < -0.3 is 5.11 Å². The lowest BCUT2D eigenvalue weighted by molar-refractivity contribution is 0.198. The molecule has 0 unspecified atom stereocenters. The zero-order valence-electron chi connectivity index (χ0n) is 11.3. The topological polar surface area (TPSA) is 46.0 Å². The average molecular weight is 361 g/mol. The van der Waals surface area contributed by atoms with Crippen molar-refractivity contribution < 1.29 is 5.11 Å². The van der Waals surface area contributed by atoms with Crippen molar-refractivity contribution in [1.29, 1.82) is 0 Å². The second-order valence-electron chi connectivity index (χ2n) is 4.66. The normalized spacial score (nSPS) is 12.5. The van der Waals surface area contributed by atoms with E-state index in [9.17, 15) is 5.11 Å². The van der Waals surface area contributed by atoms with Gasteiger partial charge in [0, 0.05) is 14.8 Å². The van der Waals surface area contributed by atoms with E-state index in [1.54, 1.807) is 25.0 Å². The SMILES string of the molecule is C[C@@H](O)c1ccc(Sc2ncnc3ccccc23)cc1Br. The number of aromatic nitrogens is 2. The van der Waals surface area contributed by atoms with Crippen molar-refractivity contribution in [2.45, 2.75) is 22.9 Å². The third-order valence-corrected chi connectivity index (χ3v) is 4.84. The van der Waals surface area contributed by atoms with Crippen molar-refractivity contribution in [3.8, 4) is 0 Å². The minimum atomic E-state index is -0.488. The molecule has 106 valence electrons. The van der Waals surface area contributed by atoms with E-state index < -0.39 is 6.10 Å². The number of hydrogen-bond acceptors (Lipinski definition) is 4. The molecule has 1 N–H and O–H groups in total. The van der Waals surface area contributed by atoms with Crippen LogP contribution in [0.1, 0.15) is 18.6 Å². The van der Waals surface area contributed by atoms with Crippen LogP contribution in [0.5, 0.6) is 0 Å². The number of aliphatic hydroxyl groups is 1. The number of nitrogens with zero attached hydrogens (tertiary/aromatic N) is 2. The molecule has 0 saturated heterocycles. The number of para-hydroxylation sites is 1. The molecule has 3 nitrogen and oxygen atoms in total. The lowest BCUT2D eigenvalue weighted by Gasteiger charge is -2.10. The first-order chi connectivity index (χ1) is 10.1. The minimum Gasteiger partial charge on any atom is -0.389 e.